The van der Waals surface area contributed by atoms with Crippen LogP contribution in [0.3, 0.4) is 0 Å². The summed E-state index contributed by atoms with van der Waals surface area (Å²) in [4.78, 5) is 12.4. The van der Waals surface area contributed by atoms with E-state index in [1.807, 2.05) is 12.1 Å². The van der Waals surface area contributed by atoms with E-state index in [4.69, 9.17) is 0 Å². The zero-order valence-corrected chi connectivity index (χ0v) is 18.7. The van der Waals surface area contributed by atoms with E-state index in [1.54, 1.807) is 23.9 Å². The lowest BCUT2D eigenvalue weighted by atomic mass is 10.1. The van der Waals surface area contributed by atoms with Gasteiger partial charge < -0.3 is 9.88 Å². The average Bonchev–Trinajstić information content (AvgIpc) is 3.23. The van der Waals surface area contributed by atoms with Gasteiger partial charge in [-0.3, -0.25) is 4.79 Å². The summed E-state index contributed by atoms with van der Waals surface area (Å²) < 4.78 is 15.1. The number of hydrogen-bond acceptors (Lipinski definition) is 4. The Labute approximate surface area is 190 Å². The predicted molar refractivity (Wildman–Crippen MR) is 126 cm³/mol. The quantitative estimate of drug-likeness (QED) is 0.356. The Hall–Kier alpha value is -3.45. The minimum absolute atomic E-state index is 0.232. The summed E-state index contributed by atoms with van der Waals surface area (Å²) in [7, 11) is 0. The molecule has 32 heavy (non-hydrogen) atoms. The number of anilines is 1. The van der Waals surface area contributed by atoms with Crippen LogP contribution in [0.2, 0.25) is 0 Å². The summed E-state index contributed by atoms with van der Waals surface area (Å²) in [6.07, 6.45) is 0. The standard InChI is InChI=1S/C25H23FN4OS/c1-3-30-23(19-8-4-17(2)5-9-19)28-29-25(30)32-16-18-6-10-20(11-7-18)24(31)27-22-14-12-21(26)13-15-22/h4-15H,3,16H2,1-2H3,(H,27,31). The van der Waals surface area contributed by atoms with E-state index in [-0.39, 0.29) is 11.7 Å². The van der Waals surface area contributed by atoms with Gasteiger partial charge in [-0.05, 0) is 55.8 Å². The van der Waals surface area contributed by atoms with Crippen LogP contribution in [0.15, 0.2) is 78.0 Å². The summed E-state index contributed by atoms with van der Waals surface area (Å²) in [6.45, 7) is 4.92. The highest BCUT2D eigenvalue weighted by Gasteiger charge is 2.13. The number of carbonyl (C=O) groups is 1. The van der Waals surface area contributed by atoms with Crippen LogP contribution in [-0.2, 0) is 12.3 Å². The first-order chi connectivity index (χ1) is 15.5. The van der Waals surface area contributed by atoms with Crippen molar-refractivity contribution in [1.29, 1.82) is 0 Å². The predicted octanol–water partition coefficient (Wildman–Crippen LogP) is 5.96. The molecule has 3 aromatic carbocycles. The van der Waals surface area contributed by atoms with Gasteiger partial charge >= 0.3 is 0 Å². The number of amides is 1. The second-order valence-electron chi connectivity index (χ2n) is 7.36. The van der Waals surface area contributed by atoms with Crippen molar-refractivity contribution in [2.24, 2.45) is 0 Å². The Morgan fingerprint density at radius 2 is 1.66 bits per heavy atom. The number of carbonyl (C=O) groups excluding carboxylic acids is 1. The van der Waals surface area contributed by atoms with Crippen molar-refractivity contribution in [2.75, 3.05) is 5.32 Å². The van der Waals surface area contributed by atoms with E-state index in [9.17, 15) is 9.18 Å². The van der Waals surface area contributed by atoms with Crippen molar-refractivity contribution in [3.05, 3.63) is 95.3 Å². The van der Waals surface area contributed by atoms with Gasteiger partial charge in [0.05, 0.1) is 0 Å². The number of benzene rings is 3. The molecule has 7 heteroatoms. The highest BCUT2D eigenvalue weighted by Crippen LogP contribution is 2.26. The number of aromatic nitrogens is 3. The van der Waals surface area contributed by atoms with Gasteiger partial charge in [-0.2, -0.15) is 0 Å². The van der Waals surface area contributed by atoms with Crippen LogP contribution in [-0.4, -0.2) is 20.7 Å². The fraction of sp³-hybridized carbons (Fsp3) is 0.160. The number of hydrogen-bond donors (Lipinski definition) is 1. The molecule has 0 atom stereocenters. The first-order valence-corrected chi connectivity index (χ1v) is 11.3. The van der Waals surface area contributed by atoms with E-state index < -0.39 is 0 Å². The monoisotopic (exact) mass is 446 g/mol. The SMILES string of the molecule is CCn1c(SCc2ccc(C(=O)Nc3ccc(F)cc3)cc2)nnc1-c1ccc(C)cc1. The lowest BCUT2D eigenvalue weighted by molar-refractivity contribution is 0.102. The summed E-state index contributed by atoms with van der Waals surface area (Å²) in [5.74, 6) is 1.01. The fourth-order valence-electron chi connectivity index (χ4n) is 3.23. The third-order valence-corrected chi connectivity index (χ3v) is 6.07. The van der Waals surface area contributed by atoms with Crippen molar-refractivity contribution >= 4 is 23.4 Å². The van der Waals surface area contributed by atoms with Crippen LogP contribution in [0.25, 0.3) is 11.4 Å². The van der Waals surface area contributed by atoms with Gasteiger partial charge in [0.2, 0.25) is 0 Å². The molecule has 0 aliphatic rings. The van der Waals surface area contributed by atoms with Crippen molar-refractivity contribution in [2.45, 2.75) is 31.3 Å². The van der Waals surface area contributed by atoms with Crippen LogP contribution in [0.5, 0.6) is 0 Å². The number of aryl methyl sites for hydroxylation is 1. The average molecular weight is 447 g/mol. The molecule has 4 rings (SSSR count). The first kappa shape index (κ1) is 21.8. The first-order valence-electron chi connectivity index (χ1n) is 10.3. The molecule has 0 saturated heterocycles. The smallest absolute Gasteiger partial charge is 0.255 e. The normalized spacial score (nSPS) is 10.8. The Kier molecular flexibility index (Phi) is 6.66. The van der Waals surface area contributed by atoms with Crippen LogP contribution < -0.4 is 5.32 Å². The third kappa shape index (κ3) is 5.06. The second kappa shape index (κ2) is 9.78. The molecule has 0 fully saturated rings. The van der Waals surface area contributed by atoms with Gasteiger partial charge in [0.25, 0.3) is 5.91 Å². The largest absolute Gasteiger partial charge is 0.322 e. The zero-order chi connectivity index (χ0) is 22.5. The van der Waals surface area contributed by atoms with Gasteiger partial charge in [0.1, 0.15) is 5.82 Å². The van der Waals surface area contributed by atoms with Crippen LogP contribution in [0.4, 0.5) is 10.1 Å². The van der Waals surface area contributed by atoms with Crippen molar-refractivity contribution in [1.82, 2.24) is 14.8 Å². The zero-order valence-electron chi connectivity index (χ0n) is 17.9. The molecule has 1 amide bonds. The number of nitrogens with one attached hydrogen (secondary N) is 1. The summed E-state index contributed by atoms with van der Waals surface area (Å²) in [5, 5.41) is 12.4. The Morgan fingerprint density at radius 3 is 2.31 bits per heavy atom. The van der Waals surface area contributed by atoms with Crippen molar-refractivity contribution < 1.29 is 9.18 Å². The van der Waals surface area contributed by atoms with Crippen molar-refractivity contribution in [3.63, 3.8) is 0 Å². The van der Waals surface area contributed by atoms with Crippen LogP contribution >= 0.6 is 11.8 Å². The van der Waals surface area contributed by atoms with Gasteiger partial charge in [0, 0.05) is 29.1 Å². The molecule has 0 aliphatic carbocycles. The molecule has 1 heterocycles. The van der Waals surface area contributed by atoms with Gasteiger partial charge in [-0.1, -0.05) is 53.7 Å². The molecule has 5 nitrogen and oxygen atoms in total. The molecule has 162 valence electrons. The molecule has 1 aromatic heterocycles. The Balaban J connectivity index is 1.40. The molecule has 0 spiro atoms. The fourth-order valence-corrected chi connectivity index (χ4v) is 4.19. The summed E-state index contributed by atoms with van der Waals surface area (Å²) in [6, 6.07) is 21.4. The maximum Gasteiger partial charge on any atom is 0.255 e. The minimum atomic E-state index is -0.338. The molecule has 4 aromatic rings. The van der Waals surface area contributed by atoms with E-state index in [0.29, 0.717) is 17.0 Å². The maximum atomic E-state index is 13.0. The van der Waals surface area contributed by atoms with Gasteiger partial charge in [0.15, 0.2) is 11.0 Å². The van der Waals surface area contributed by atoms with E-state index in [0.717, 1.165) is 28.7 Å². The molecule has 0 saturated carbocycles. The molecular weight excluding hydrogens is 423 g/mol. The van der Waals surface area contributed by atoms with Gasteiger partial charge in [-0.25, -0.2) is 4.39 Å². The second-order valence-corrected chi connectivity index (χ2v) is 8.31. The molecular formula is C25H23FN4OS. The Bertz CT molecular complexity index is 1200. The number of rotatable bonds is 7. The van der Waals surface area contributed by atoms with E-state index >= 15 is 0 Å². The molecule has 0 bridgehead atoms. The van der Waals surface area contributed by atoms with Crippen LogP contribution in [0, 0.1) is 12.7 Å². The molecule has 0 unspecified atom stereocenters. The summed E-state index contributed by atoms with van der Waals surface area (Å²) >= 11 is 1.61. The van der Waals surface area contributed by atoms with Gasteiger partial charge in [-0.15, -0.1) is 10.2 Å². The summed E-state index contributed by atoms with van der Waals surface area (Å²) in [5.41, 5.74) is 4.44. The number of halogens is 1. The molecule has 0 radical (unpaired) electrons. The molecule has 0 aliphatic heterocycles. The van der Waals surface area contributed by atoms with Crippen LogP contribution in [0.1, 0.15) is 28.4 Å². The van der Waals surface area contributed by atoms with E-state index in [1.165, 1.54) is 29.8 Å². The minimum Gasteiger partial charge on any atom is -0.322 e. The number of thioether (sulfide) groups is 1. The lowest BCUT2D eigenvalue weighted by Crippen LogP contribution is -2.11. The van der Waals surface area contributed by atoms with Crippen molar-refractivity contribution in [3.8, 4) is 11.4 Å². The van der Waals surface area contributed by atoms with E-state index in [2.05, 4.69) is 58.2 Å². The lowest BCUT2D eigenvalue weighted by Gasteiger charge is -2.08. The third-order valence-electron chi connectivity index (χ3n) is 5.03. The Morgan fingerprint density at radius 1 is 0.969 bits per heavy atom. The highest BCUT2D eigenvalue weighted by atomic mass is 32.2. The maximum absolute atomic E-state index is 13.0. The molecule has 1 N–H and O–H groups in total. The topological polar surface area (TPSA) is 59.8 Å². The highest BCUT2D eigenvalue weighted by molar-refractivity contribution is 7.98. The number of nitrogens with zero attached hydrogens (tertiary/aromatic N) is 3.